The number of para-hydroxylation sites is 1. The van der Waals surface area contributed by atoms with Crippen molar-refractivity contribution in [1.82, 2.24) is 3.58 Å². The number of anilines is 1. The molecule has 2 nitrogen and oxygen atoms in total. The molecule has 96 valence electrons. The molecule has 0 unspecified atom stereocenters. The zero-order valence-electron chi connectivity index (χ0n) is 11.1. The molecule has 0 radical (unpaired) electrons. The molecule has 0 aliphatic heterocycles. The SMILES string of the molecule is CN(C)c1cn([Se]c2ccccc2)c2ccccc12. The average molecular weight is 315 g/mol. The molecule has 3 aromatic rings. The van der Waals surface area contributed by atoms with Crippen LogP contribution in [0.25, 0.3) is 10.9 Å². The number of rotatable bonds is 3. The van der Waals surface area contributed by atoms with Crippen molar-refractivity contribution in [3.05, 3.63) is 60.8 Å². The van der Waals surface area contributed by atoms with Gasteiger partial charge >= 0.3 is 120 Å². The third kappa shape index (κ3) is 2.40. The molecule has 0 aliphatic carbocycles. The van der Waals surface area contributed by atoms with Crippen LogP contribution in [0, 0.1) is 0 Å². The van der Waals surface area contributed by atoms with Crippen LogP contribution >= 0.6 is 0 Å². The first-order valence-electron chi connectivity index (χ1n) is 6.26. The van der Waals surface area contributed by atoms with E-state index < -0.39 is 0 Å². The van der Waals surface area contributed by atoms with Crippen LogP contribution < -0.4 is 9.36 Å². The molecule has 1 aromatic heterocycles. The number of aromatic nitrogens is 1. The first kappa shape index (κ1) is 12.3. The van der Waals surface area contributed by atoms with E-state index in [9.17, 15) is 0 Å². The number of hydrogen-bond donors (Lipinski definition) is 0. The molecule has 0 aliphatic rings. The maximum atomic E-state index is 2.38. The van der Waals surface area contributed by atoms with Crippen molar-refractivity contribution >= 4 is 36.2 Å². The van der Waals surface area contributed by atoms with Crippen molar-refractivity contribution in [2.45, 2.75) is 0 Å². The quantitative estimate of drug-likeness (QED) is 0.674. The van der Waals surface area contributed by atoms with Gasteiger partial charge in [0.25, 0.3) is 0 Å². The van der Waals surface area contributed by atoms with Gasteiger partial charge in [-0.05, 0) is 0 Å². The van der Waals surface area contributed by atoms with Crippen molar-refractivity contribution in [1.29, 1.82) is 0 Å². The molecule has 3 heteroatoms. The minimum absolute atomic E-state index is 0.287. The molecule has 1 heterocycles. The molecule has 0 bridgehead atoms. The molecule has 19 heavy (non-hydrogen) atoms. The first-order chi connectivity index (χ1) is 9.25. The molecule has 3 rings (SSSR count). The van der Waals surface area contributed by atoms with Gasteiger partial charge < -0.3 is 0 Å². The van der Waals surface area contributed by atoms with E-state index in [1.165, 1.54) is 21.1 Å². The Morgan fingerprint density at radius 2 is 1.58 bits per heavy atom. The van der Waals surface area contributed by atoms with Crippen LogP contribution in [0.1, 0.15) is 0 Å². The number of hydrogen-bond acceptors (Lipinski definition) is 1. The van der Waals surface area contributed by atoms with Gasteiger partial charge in [0.1, 0.15) is 0 Å². The van der Waals surface area contributed by atoms with Crippen LogP contribution in [0.2, 0.25) is 0 Å². The van der Waals surface area contributed by atoms with Crippen LogP contribution in [0.4, 0.5) is 5.69 Å². The monoisotopic (exact) mass is 316 g/mol. The van der Waals surface area contributed by atoms with Crippen molar-refractivity contribution in [2.24, 2.45) is 0 Å². The number of fused-ring (bicyclic) bond motifs is 1. The molecule has 0 spiro atoms. The van der Waals surface area contributed by atoms with Crippen molar-refractivity contribution in [2.75, 3.05) is 19.0 Å². The number of nitrogens with zero attached hydrogens (tertiary/aromatic N) is 2. The number of benzene rings is 2. The summed E-state index contributed by atoms with van der Waals surface area (Å²) >= 11 is 0.287. The van der Waals surface area contributed by atoms with E-state index in [0.717, 1.165) is 0 Å². The third-order valence-electron chi connectivity index (χ3n) is 3.09. The van der Waals surface area contributed by atoms with E-state index in [0.29, 0.717) is 0 Å². The summed E-state index contributed by atoms with van der Waals surface area (Å²) in [6, 6.07) is 19.3. The normalized spacial score (nSPS) is 10.8. The van der Waals surface area contributed by atoms with Gasteiger partial charge in [-0.3, -0.25) is 0 Å². The summed E-state index contributed by atoms with van der Waals surface area (Å²) in [6.07, 6.45) is 2.26. The second kappa shape index (κ2) is 5.12. The Balaban J connectivity index is 2.09. The molecule has 0 N–H and O–H groups in total. The molecule has 0 saturated carbocycles. The molecule has 2 aromatic carbocycles. The standard InChI is InChI=1S/C16H16N2Se/c1-17(2)16-12-18(15-11-7-6-10-14(15)16)19-13-8-4-3-5-9-13/h3-12H,1-2H3. The second-order valence-electron chi connectivity index (χ2n) is 4.66. The third-order valence-corrected chi connectivity index (χ3v) is 5.15. The summed E-state index contributed by atoms with van der Waals surface area (Å²) in [5, 5.41) is 1.32. The summed E-state index contributed by atoms with van der Waals surface area (Å²) < 4.78 is 3.77. The van der Waals surface area contributed by atoms with Gasteiger partial charge in [0.15, 0.2) is 0 Å². The fourth-order valence-electron chi connectivity index (χ4n) is 2.16. The summed E-state index contributed by atoms with van der Waals surface area (Å²) in [7, 11) is 4.20. The second-order valence-corrected chi connectivity index (χ2v) is 6.85. The first-order valence-corrected chi connectivity index (χ1v) is 7.89. The van der Waals surface area contributed by atoms with Gasteiger partial charge in [-0.25, -0.2) is 0 Å². The van der Waals surface area contributed by atoms with Crippen LogP contribution in [-0.2, 0) is 0 Å². The molecular formula is C16H16N2Se. The average Bonchev–Trinajstić information content (AvgIpc) is 2.79. The Kier molecular flexibility index (Phi) is 3.32. The van der Waals surface area contributed by atoms with Gasteiger partial charge in [-0.15, -0.1) is 0 Å². The van der Waals surface area contributed by atoms with Gasteiger partial charge in [0, 0.05) is 0 Å². The van der Waals surface area contributed by atoms with Gasteiger partial charge in [-0.1, -0.05) is 0 Å². The molecule has 0 fully saturated rings. The van der Waals surface area contributed by atoms with E-state index >= 15 is 0 Å². The van der Waals surface area contributed by atoms with Crippen LogP contribution in [0.15, 0.2) is 60.8 Å². The van der Waals surface area contributed by atoms with Crippen molar-refractivity contribution in [3.63, 3.8) is 0 Å². The molecule has 0 amide bonds. The topological polar surface area (TPSA) is 8.17 Å². The Hall–Kier alpha value is -1.70. The zero-order valence-corrected chi connectivity index (χ0v) is 12.8. The van der Waals surface area contributed by atoms with E-state index in [1.54, 1.807) is 0 Å². The van der Waals surface area contributed by atoms with E-state index in [-0.39, 0.29) is 15.2 Å². The maximum absolute atomic E-state index is 2.38. The molecule has 0 atom stereocenters. The van der Waals surface area contributed by atoms with Gasteiger partial charge in [-0.2, -0.15) is 0 Å². The van der Waals surface area contributed by atoms with Gasteiger partial charge in [0.2, 0.25) is 0 Å². The zero-order chi connectivity index (χ0) is 13.2. The van der Waals surface area contributed by atoms with Crippen molar-refractivity contribution < 1.29 is 0 Å². The summed E-state index contributed by atoms with van der Waals surface area (Å²) in [6.45, 7) is 0. The summed E-state index contributed by atoms with van der Waals surface area (Å²) in [4.78, 5) is 2.18. The predicted molar refractivity (Wildman–Crippen MR) is 83.5 cm³/mol. The Morgan fingerprint density at radius 1 is 0.895 bits per heavy atom. The van der Waals surface area contributed by atoms with Crippen LogP contribution in [0.3, 0.4) is 0 Å². The fourth-order valence-corrected chi connectivity index (χ4v) is 4.08. The Bertz CT molecular complexity index is 686. The Morgan fingerprint density at radius 3 is 2.32 bits per heavy atom. The van der Waals surface area contributed by atoms with Crippen LogP contribution in [0.5, 0.6) is 0 Å². The van der Waals surface area contributed by atoms with E-state index in [2.05, 4.69) is 83.4 Å². The van der Waals surface area contributed by atoms with Crippen molar-refractivity contribution in [3.8, 4) is 0 Å². The summed E-state index contributed by atoms with van der Waals surface area (Å²) in [5.41, 5.74) is 2.60. The fraction of sp³-hybridized carbons (Fsp3) is 0.125. The van der Waals surface area contributed by atoms with E-state index in [1.807, 2.05) is 0 Å². The molecule has 0 saturated heterocycles. The van der Waals surface area contributed by atoms with Gasteiger partial charge in [0.05, 0.1) is 0 Å². The van der Waals surface area contributed by atoms with E-state index in [4.69, 9.17) is 0 Å². The summed E-state index contributed by atoms with van der Waals surface area (Å²) in [5.74, 6) is 0. The Labute approximate surface area is 120 Å². The van der Waals surface area contributed by atoms with Crippen LogP contribution in [-0.4, -0.2) is 32.9 Å². The molecular weight excluding hydrogens is 299 g/mol. The predicted octanol–water partition coefficient (Wildman–Crippen LogP) is 2.50. The minimum atomic E-state index is 0.287.